The summed E-state index contributed by atoms with van der Waals surface area (Å²) >= 11 is 1.71. The van der Waals surface area contributed by atoms with Gasteiger partial charge in [-0.1, -0.05) is 61.7 Å². The molecule has 1 saturated carbocycles. The molecule has 0 aliphatic heterocycles. The number of benzene rings is 2. The van der Waals surface area contributed by atoms with Crippen LogP contribution in [0.15, 0.2) is 54.6 Å². The highest BCUT2D eigenvalue weighted by molar-refractivity contribution is 7.98. The van der Waals surface area contributed by atoms with Crippen LogP contribution in [0.2, 0.25) is 0 Å². The Morgan fingerprint density at radius 2 is 1.72 bits per heavy atom. The first-order valence-electron chi connectivity index (χ1n) is 11.5. The van der Waals surface area contributed by atoms with Crippen molar-refractivity contribution in [1.29, 1.82) is 0 Å². The predicted octanol–water partition coefficient (Wildman–Crippen LogP) is 5.32. The van der Waals surface area contributed by atoms with Crippen molar-refractivity contribution in [1.82, 2.24) is 10.2 Å². The molecule has 0 aromatic heterocycles. The lowest BCUT2D eigenvalue weighted by Crippen LogP contribution is -2.50. The summed E-state index contributed by atoms with van der Waals surface area (Å²) < 4.78 is 13.3. The average molecular weight is 457 g/mol. The van der Waals surface area contributed by atoms with E-state index in [0.717, 1.165) is 37.0 Å². The molecule has 3 rings (SSSR count). The molecule has 1 atom stereocenters. The topological polar surface area (TPSA) is 49.4 Å². The van der Waals surface area contributed by atoms with Gasteiger partial charge in [0.1, 0.15) is 11.9 Å². The van der Waals surface area contributed by atoms with Crippen LogP contribution < -0.4 is 5.32 Å². The van der Waals surface area contributed by atoms with Crippen LogP contribution in [-0.2, 0) is 21.9 Å². The Labute approximate surface area is 195 Å². The van der Waals surface area contributed by atoms with Crippen LogP contribution in [0.3, 0.4) is 0 Å². The molecule has 1 fully saturated rings. The molecule has 32 heavy (non-hydrogen) atoms. The summed E-state index contributed by atoms with van der Waals surface area (Å²) in [7, 11) is 0. The summed E-state index contributed by atoms with van der Waals surface area (Å²) in [4.78, 5) is 27.7. The fourth-order valence-corrected chi connectivity index (χ4v) is 4.90. The third kappa shape index (κ3) is 7.66. The quantitative estimate of drug-likeness (QED) is 0.493. The van der Waals surface area contributed by atoms with Crippen molar-refractivity contribution >= 4 is 23.6 Å². The fourth-order valence-electron chi connectivity index (χ4n) is 4.01. The number of nitrogens with zero attached hydrogens (tertiary/aromatic N) is 1. The van der Waals surface area contributed by atoms with Crippen molar-refractivity contribution in [2.75, 3.05) is 5.75 Å². The zero-order valence-corrected chi connectivity index (χ0v) is 19.6. The molecule has 2 aromatic rings. The van der Waals surface area contributed by atoms with E-state index in [0.29, 0.717) is 18.7 Å². The third-order valence-corrected chi connectivity index (χ3v) is 6.99. The maximum atomic E-state index is 13.3. The lowest BCUT2D eigenvalue weighted by Gasteiger charge is -2.31. The van der Waals surface area contributed by atoms with Crippen molar-refractivity contribution in [3.05, 3.63) is 71.5 Å². The predicted molar refractivity (Wildman–Crippen MR) is 129 cm³/mol. The van der Waals surface area contributed by atoms with Crippen LogP contribution in [-0.4, -0.2) is 34.6 Å². The number of thioether (sulfide) groups is 1. The lowest BCUT2D eigenvalue weighted by atomic mass is 9.95. The summed E-state index contributed by atoms with van der Waals surface area (Å²) in [5.74, 6) is 1.06. The van der Waals surface area contributed by atoms with Crippen LogP contribution in [0.5, 0.6) is 0 Å². The number of hydrogen-bond acceptors (Lipinski definition) is 3. The second kappa shape index (κ2) is 12.6. The highest BCUT2D eigenvalue weighted by Crippen LogP contribution is 2.19. The van der Waals surface area contributed by atoms with Gasteiger partial charge in [0.15, 0.2) is 0 Å². The van der Waals surface area contributed by atoms with Crippen LogP contribution in [0.1, 0.15) is 56.6 Å². The Kier molecular flexibility index (Phi) is 9.60. The molecule has 2 amide bonds. The van der Waals surface area contributed by atoms with Crippen molar-refractivity contribution < 1.29 is 14.0 Å². The van der Waals surface area contributed by atoms with Gasteiger partial charge in [-0.15, -0.1) is 0 Å². The summed E-state index contributed by atoms with van der Waals surface area (Å²) in [5.41, 5.74) is 2.04. The van der Waals surface area contributed by atoms with E-state index >= 15 is 0 Å². The summed E-state index contributed by atoms with van der Waals surface area (Å²) in [5, 5.41) is 3.14. The van der Waals surface area contributed by atoms with Gasteiger partial charge in [-0.05, 0) is 43.0 Å². The smallest absolute Gasteiger partial charge is 0.242 e. The number of halogens is 1. The SMILES string of the molecule is C[C@@H](C(=O)NC1CCCCC1)N(Cc1ccc(F)cc1)C(=O)CCSCc1ccccc1. The Bertz CT molecular complexity index is 854. The van der Waals surface area contributed by atoms with Crippen molar-refractivity contribution in [2.24, 2.45) is 0 Å². The van der Waals surface area contributed by atoms with Gasteiger partial charge in [0.2, 0.25) is 11.8 Å². The molecule has 172 valence electrons. The molecule has 0 bridgehead atoms. The fraction of sp³-hybridized carbons (Fsp3) is 0.462. The minimum Gasteiger partial charge on any atom is -0.352 e. The van der Waals surface area contributed by atoms with Crippen molar-refractivity contribution in [3.8, 4) is 0 Å². The Morgan fingerprint density at radius 1 is 1.03 bits per heavy atom. The number of hydrogen-bond donors (Lipinski definition) is 1. The molecule has 0 saturated heterocycles. The highest BCUT2D eigenvalue weighted by atomic mass is 32.2. The molecule has 1 N–H and O–H groups in total. The van der Waals surface area contributed by atoms with E-state index in [4.69, 9.17) is 0 Å². The van der Waals surface area contributed by atoms with E-state index in [2.05, 4.69) is 17.4 Å². The molecule has 0 radical (unpaired) electrons. The van der Waals surface area contributed by atoms with E-state index in [1.165, 1.54) is 24.1 Å². The van der Waals surface area contributed by atoms with Crippen molar-refractivity contribution in [2.45, 2.75) is 69.8 Å². The first-order chi connectivity index (χ1) is 15.5. The van der Waals surface area contributed by atoms with E-state index in [-0.39, 0.29) is 23.7 Å². The second-order valence-electron chi connectivity index (χ2n) is 8.46. The molecule has 1 aliphatic rings. The summed E-state index contributed by atoms with van der Waals surface area (Å²) in [6.45, 7) is 2.08. The Balaban J connectivity index is 1.59. The minimum absolute atomic E-state index is 0.0545. The Hall–Kier alpha value is -2.34. The van der Waals surface area contributed by atoms with Gasteiger partial charge in [0, 0.05) is 30.5 Å². The van der Waals surface area contributed by atoms with Gasteiger partial charge >= 0.3 is 0 Å². The van der Waals surface area contributed by atoms with Gasteiger partial charge in [-0.2, -0.15) is 11.8 Å². The molecule has 2 aromatic carbocycles. The van der Waals surface area contributed by atoms with E-state index in [1.54, 1.807) is 35.7 Å². The average Bonchev–Trinajstić information content (AvgIpc) is 2.82. The van der Waals surface area contributed by atoms with Gasteiger partial charge in [0.25, 0.3) is 0 Å². The minimum atomic E-state index is -0.575. The second-order valence-corrected chi connectivity index (χ2v) is 9.56. The molecule has 4 nitrogen and oxygen atoms in total. The van der Waals surface area contributed by atoms with E-state index in [1.807, 2.05) is 18.2 Å². The number of carbonyl (C=O) groups is 2. The lowest BCUT2D eigenvalue weighted by molar-refractivity contribution is -0.140. The standard InChI is InChI=1S/C26H33FN2O2S/c1-20(26(31)28-24-10-6-3-7-11-24)29(18-21-12-14-23(27)15-13-21)25(30)16-17-32-19-22-8-4-2-5-9-22/h2,4-5,8-9,12-15,20,24H,3,6-7,10-11,16-19H2,1H3,(H,28,31)/t20-/m0/s1. The maximum absolute atomic E-state index is 13.3. The first kappa shape index (κ1) is 24.3. The van der Waals surface area contributed by atoms with Crippen LogP contribution in [0.4, 0.5) is 4.39 Å². The Morgan fingerprint density at radius 3 is 2.41 bits per heavy atom. The van der Waals surface area contributed by atoms with Gasteiger partial charge < -0.3 is 10.2 Å². The number of nitrogens with one attached hydrogen (secondary N) is 1. The molecular weight excluding hydrogens is 423 g/mol. The van der Waals surface area contributed by atoms with Gasteiger partial charge in [-0.3, -0.25) is 9.59 Å². The molecule has 6 heteroatoms. The first-order valence-corrected chi connectivity index (χ1v) is 12.6. The highest BCUT2D eigenvalue weighted by Gasteiger charge is 2.27. The molecular formula is C26H33FN2O2S. The maximum Gasteiger partial charge on any atom is 0.242 e. The van der Waals surface area contributed by atoms with Crippen LogP contribution in [0, 0.1) is 5.82 Å². The third-order valence-electron chi connectivity index (χ3n) is 5.96. The van der Waals surface area contributed by atoms with Gasteiger partial charge in [0.05, 0.1) is 0 Å². The van der Waals surface area contributed by atoms with E-state index < -0.39 is 6.04 Å². The van der Waals surface area contributed by atoms with Gasteiger partial charge in [-0.25, -0.2) is 4.39 Å². The van der Waals surface area contributed by atoms with E-state index in [9.17, 15) is 14.0 Å². The summed E-state index contributed by atoms with van der Waals surface area (Å²) in [6, 6.07) is 15.9. The zero-order chi connectivity index (χ0) is 22.8. The monoisotopic (exact) mass is 456 g/mol. The number of carbonyl (C=O) groups excluding carboxylic acids is 2. The molecule has 0 spiro atoms. The van der Waals surface area contributed by atoms with Crippen molar-refractivity contribution in [3.63, 3.8) is 0 Å². The normalized spacial score (nSPS) is 15.2. The van der Waals surface area contributed by atoms with Crippen LogP contribution >= 0.6 is 11.8 Å². The van der Waals surface area contributed by atoms with Crippen LogP contribution in [0.25, 0.3) is 0 Å². The molecule has 0 unspecified atom stereocenters. The number of amides is 2. The number of rotatable bonds is 10. The molecule has 0 heterocycles. The molecule has 1 aliphatic carbocycles. The zero-order valence-electron chi connectivity index (χ0n) is 18.8. The summed E-state index contributed by atoms with van der Waals surface area (Å²) in [6.07, 6.45) is 5.85. The largest absolute Gasteiger partial charge is 0.352 e.